The number of halogens is 1. The monoisotopic (exact) mass is 289 g/mol. The van der Waals surface area contributed by atoms with Crippen LogP contribution in [0.25, 0.3) is 0 Å². The van der Waals surface area contributed by atoms with Crippen LogP contribution in [0.4, 0.5) is 0 Å². The quantitative estimate of drug-likeness (QED) is 0.496. The fourth-order valence-corrected chi connectivity index (χ4v) is 3.83. The Balaban J connectivity index is 2.34. The van der Waals surface area contributed by atoms with Gasteiger partial charge in [-0.15, -0.1) is 0 Å². The molecule has 2 rings (SSSR count). The van der Waals surface area contributed by atoms with E-state index in [1.807, 2.05) is 6.20 Å². The van der Waals surface area contributed by atoms with Gasteiger partial charge in [0.2, 0.25) is 0 Å². The molecular formula is C10H14IN2-. The van der Waals surface area contributed by atoms with E-state index >= 15 is 0 Å². The van der Waals surface area contributed by atoms with Crippen molar-refractivity contribution in [1.29, 1.82) is 0 Å². The molecule has 0 aromatic carbocycles. The van der Waals surface area contributed by atoms with Gasteiger partial charge in [-0.2, -0.15) is 0 Å². The van der Waals surface area contributed by atoms with Crippen LogP contribution in [-0.2, 0) is 12.8 Å². The first-order chi connectivity index (χ1) is 6.42. The van der Waals surface area contributed by atoms with Crippen LogP contribution in [-0.4, -0.2) is 14.6 Å². The summed E-state index contributed by atoms with van der Waals surface area (Å²) < 4.78 is 2.64. The second-order valence-electron chi connectivity index (χ2n) is 3.25. The minimum absolute atomic E-state index is 0.139. The van der Waals surface area contributed by atoms with Crippen molar-refractivity contribution in [3.05, 3.63) is 21.0 Å². The topological polar surface area (TPSA) is 25.8 Å². The van der Waals surface area contributed by atoms with Crippen LogP contribution in [0.2, 0.25) is 0 Å². The zero-order valence-corrected chi connectivity index (χ0v) is 10.0. The van der Waals surface area contributed by atoms with Gasteiger partial charge in [0.25, 0.3) is 0 Å². The van der Waals surface area contributed by atoms with Gasteiger partial charge in [0.1, 0.15) is 0 Å². The van der Waals surface area contributed by atoms with Crippen LogP contribution in [0.1, 0.15) is 30.9 Å². The molecule has 0 atom stereocenters. The number of aryl methyl sites for hydroxylation is 1. The Bertz CT molecular complexity index is 299. The zero-order chi connectivity index (χ0) is 9.10. The maximum atomic E-state index is 4.28. The predicted octanol–water partition coefficient (Wildman–Crippen LogP) is -1.37. The van der Waals surface area contributed by atoms with Crippen LogP contribution in [0.15, 0.2) is 6.20 Å². The summed E-state index contributed by atoms with van der Waals surface area (Å²) in [5.41, 5.74) is 3.03. The second kappa shape index (κ2) is 4.35. The molecule has 1 aliphatic carbocycles. The molecule has 1 aromatic rings. The standard InChI is InChI=1S/C10H14IN2/c1-2-11-10-9-6-4-3-5-8(9)7-12-13-10/h7H,2-6H2,1H3/q-1. The third-order valence-electron chi connectivity index (χ3n) is 2.38. The third kappa shape index (κ3) is 2.00. The second-order valence-corrected chi connectivity index (χ2v) is 6.56. The van der Waals surface area contributed by atoms with E-state index in [-0.39, 0.29) is 21.2 Å². The molecule has 72 valence electrons. The van der Waals surface area contributed by atoms with Crippen molar-refractivity contribution in [3.63, 3.8) is 0 Å². The Morgan fingerprint density at radius 3 is 3.08 bits per heavy atom. The van der Waals surface area contributed by atoms with Gasteiger partial charge in [0.15, 0.2) is 0 Å². The van der Waals surface area contributed by atoms with Crippen LogP contribution in [0.5, 0.6) is 0 Å². The maximum absolute atomic E-state index is 4.28. The zero-order valence-electron chi connectivity index (χ0n) is 7.89. The van der Waals surface area contributed by atoms with Gasteiger partial charge in [0, 0.05) is 0 Å². The molecule has 1 heterocycles. The van der Waals surface area contributed by atoms with Crippen molar-refractivity contribution in [2.45, 2.75) is 32.6 Å². The summed E-state index contributed by atoms with van der Waals surface area (Å²) in [6.45, 7) is 2.25. The molecule has 0 spiro atoms. The molecule has 13 heavy (non-hydrogen) atoms. The Labute approximate surface area is 89.4 Å². The molecular weight excluding hydrogens is 275 g/mol. The van der Waals surface area contributed by atoms with E-state index in [1.165, 1.54) is 39.4 Å². The Hall–Kier alpha value is -0.190. The molecule has 0 radical (unpaired) electrons. The van der Waals surface area contributed by atoms with Gasteiger partial charge < -0.3 is 0 Å². The van der Waals surface area contributed by atoms with E-state index in [9.17, 15) is 0 Å². The van der Waals surface area contributed by atoms with Gasteiger partial charge in [0.05, 0.1) is 0 Å². The van der Waals surface area contributed by atoms with E-state index in [4.69, 9.17) is 0 Å². The van der Waals surface area contributed by atoms with E-state index in [2.05, 4.69) is 17.1 Å². The fraction of sp³-hybridized carbons (Fsp3) is 0.600. The summed E-state index contributed by atoms with van der Waals surface area (Å²) in [6, 6.07) is 0. The number of nitrogens with zero attached hydrogens (tertiary/aromatic N) is 2. The van der Waals surface area contributed by atoms with Crippen molar-refractivity contribution < 1.29 is 21.2 Å². The van der Waals surface area contributed by atoms with Crippen molar-refractivity contribution in [3.8, 4) is 0 Å². The molecule has 2 nitrogen and oxygen atoms in total. The SMILES string of the molecule is CC[I-]c1nncc2c1CCCC2. The average Bonchev–Trinajstić information content (AvgIpc) is 2.19. The summed E-state index contributed by atoms with van der Waals surface area (Å²) in [5.74, 6) is 0. The van der Waals surface area contributed by atoms with Crippen molar-refractivity contribution in [2.24, 2.45) is 0 Å². The summed E-state index contributed by atoms with van der Waals surface area (Å²) >= 11 is 0.139. The average molecular weight is 289 g/mol. The van der Waals surface area contributed by atoms with E-state index in [0.717, 1.165) is 0 Å². The number of fused-ring (bicyclic) bond motifs is 1. The molecule has 3 heteroatoms. The summed E-state index contributed by atoms with van der Waals surface area (Å²) in [4.78, 5) is 0. The van der Waals surface area contributed by atoms with Crippen molar-refractivity contribution >= 4 is 0 Å². The van der Waals surface area contributed by atoms with Crippen molar-refractivity contribution in [1.82, 2.24) is 10.2 Å². The molecule has 0 bridgehead atoms. The molecule has 1 aromatic heterocycles. The molecule has 0 amide bonds. The van der Waals surface area contributed by atoms with Crippen LogP contribution in [0, 0.1) is 3.70 Å². The van der Waals surface area contributed by atoms with E-state index in [0.29, 0.717) is 0 Å². The molecule has 0 aliphatic heterocycles. The van der Waals surface area contributed by atoms with Gasteiger partial charge in [-0.3, -0.25) is 0 Å². The summed E-state index contributed by atoms with van der Waals surface area (Å²) in [7, 11) is 0. The van der Waals surface area contributed by atoms with Gasteiger partial charge in [-0.1, -0.05) is 0 Å². The Morgan fingerprint density at radius 1 is 1.38 bits per heavy atom. The van der Waals surface area contributed by atoms with Gasteiger partial charge >= 0.3 is 89.5 Å². The number of hydrogen-bond donors (Lipinski definition) is 0. The van der Waals surface area contributed by atoms with Gasteiger partial charge in [-0.05, 0) is 0 Å². The number of aromatic nitrogens is 2. The minimum atomic E-state index is 0.139. The Kier molecular flexibility index (Phi) is 3.14. The molecule has 1 aliphatic rings. The van der Waals surface area contributed by atoms with Crippen LogP contribution >= 0.6 is 0 Å². The van der Waals surface area contributed by atoms with Crippen molar-refractivity contribution in [2.75, 3.05) is 4.43 Å². The first-order valence-electron chi connectivity index (χ1n) is 4.84. The first-order valence-corrected chi connectivity index (χ1v) is 7.45. The molecule has 0 N–H and O–H groups in total. The molecule has 0 saturated carbocycles. The summed E-state index contributed by atoms with van der Waals surface area (Å²) in [6.07, 6.45) is 7.13. The molecule has 0 fully saturated rings. The number of hydrogen-bond acceptors (Lipinski definition) is 2. The number of rotatable bonds is 2. The number of alkyl halides is 1. The first kappa shape index (κ1) is 9.37. The van der Waals surface area contributed by atoms with E-state index in [1.54, 1.807) is 5.56 Å². The Morgan fingerprint density at radius 2 is 2.23 bits per heavy atom. The third-order valence-corrected chi connectivity index (χ3v) is 4.73. The van der Waals surface area contributed by atoms with Crippen LogP contribution in [0.3, 0.4) is 0 Å². The predicted molar refractivity (Wildman–Crippen MR) is 47.9 cm³/mol. The summed E-state index contributed by atoms with van der Waals surface area (Å²) in [5, 5.41) is 8.37. The van der Waals surface area contributed by atoms with Crippen LogP contribution < -0.4 is 21.2 Å². The van der Waals surface area contributed by atoms with E-state index < -0.39 is 0 Å². The van der Waals surface area contributed by atoms with Gasteiger partial charge in [-0.25, -0.2) is 0 Å². The fourth-order valence-electron chi connectivity index (χ4n) is 1.75. The molecule has 0 unspecified atom stereocenters. The molecule has 0 saturated heterocycles. The normalized spacial score (nSPS) is 15.8.